The van der Waals surface area contributed by atoms with E-state index < -0.39 is 5.54 Å². The summed E-state index contributed by atoms with van der Waals surface area (Å²) in [6, 6.07) is 1.16. The van der Waals surface area contributed by atoms with Gasteiger partial charge in [-0.15, -0.1) is 0 Å². The normalized spacial score (nSPS) is 38.9. The minimum Gasteiger partial charge on any atom is -0.468 e. The molecule has 20 heavy (non-hydrogen) atoms. The predicted octanol–water partition coefficient (Wildman–Crippen LogP) is 2.18. The lowest BCUT2D eigenvalue weighted by atomic mass is 9.92. The summed E-state index contributed by atoms with van der Waals surface area (Å²) in [7, 11) is 1.50. The summed E-state index contributed by atoms with van der Waals surface area (Å²) >= 11 is 0. The van der Waals surface area contributed by atoms with Gasteiger partial charge in [-0.25, -0.2) is 0 Å². The van der Waals surface area contributed by atoms with Crippen LogP contribution in [0.25, 0.3) is 0 Å². The Balaban J connectivity index is 2.07. The summed E-state index contributed by atoms with van der Waals surface area (Å²) in [6.45, 7) is 8.72. The number of nitrogens with zero attached hydrogens (tertiary/aromatic N) is 1. The highest BCUT2D eigenvalue weighted by Crippen LogP contribution is 2.37. The quantitative estimate of drug-likeness (QED) is 0.803. The zero-order valence-electron chi connectivity index (χ0n) is 13.4. The van der Waals surface area contributed by atoms with E-state index in [0.717, 1.165) is 31.7 Å². The molecule has 1 saturated carbocycles. The lowest BCUT2D eigenvalue weighted by Crippen LogP contribution is -2.53. The van der Waals surface area contributed by atoms with Crippen molar-refractivity contribution in [2.45, 2.75) is 70.5 Å². The van der Waals surface area contributed by atoms with Crippen molar-refractivity contribution in [2.24, 2.45) is 5.92 Å². The van der Waals surface area contributed by atoms with E-state index in [1.807, 2.05) is 0 Å². The monoisotopic (exact) mass is 282 g/mol. The minimum atomic E-state index is -0.450. The zero-order valence-corrected chi connectivity index (χ0v) is 13.4. The highest BCUT2D eigenvalue weighted by atomic mass is 16.5. The number of rotatable bonds is 4. The number of carbonyl (C=O) groups is 1. The fraction of sp³-hybridized carbons (Fsp3) is 0.938. The first-order valence-corrected chi connectivity index (χ1v) is 8.11. The van der Waals surface area contributed by atoms with Crippen LogP contribution in [0.2, 0.25) is 0 Å². The van der Waals surface area contributed by atoms with Crippen LogP contribution in [0, 0.1) is 5.92 Å². The third kappa shape index (κ3) is 3.01. The molecule has 0 radical (unpaired) electrons. The first-order chi connectivity index (χ1) is 9.52. The average Bonchev–Trinajstić information content (AvgIpc) is 2.86. The van der Waals surface area contributed by atoms with Crippen molar-refractivity contribution in [3.05, 3.63) is 0 Å². The maximum atomic E-state index is 12.2. The first-order valence-electron chi connectivity index (χ1n) is 8.11. The number of likely N-dealkylation sites (N-methyl/N-ethyl adjacent to an activating group) is 1. The molecule has 1 aliphatic carbocycles. The Labute approximate surface area is 123 Å². The molecule has 0 bridgehead atoms. The highest BCUT2D eigenvalue weighted by Gasteiger charge is 2.48. The van der Waals surface area contributed by atoms with Crippen molar-refractivity contribution in [1.82, 2.24) is 10.2 Å². The second-order valence-electron chi connectivity index (χ2n) is 6.73. The molecule has 0 spiro atoms. The van der Waals surface area contributed by atoms with Crippen molar-refractivity contribution in [3.8, 4) is 0 Å². The van der Waals surface area contributed by atoms with Crippen LogP contribution < -0.4 is 5.32 Å². The SMILES string of the molecule is CCNC1(C(=O)OC)CCC(N2CC(C)CCC2C)C1. The summed E-state index contributed by atoms with van der Waals surface area (Å²) in [5, 5.41) is 3.40. The number of nitrogens with one attached hydrogen (secondary N) is 1. The van der Waals surface area contributed by atoms with Gasteiger partial charge in [0.15, 0.2) is 0 Å². The molecule has 4 atom stereocenters. The predicted molar refractivity (Wildman–Crippen MR) is 80.6 cm³/mol. The van der Waals surface area contributed by atoms with Gasteiger partial charge in [0, 0.05) is 18.6 Å². The Morgan fingerprint density at radius 2 is 2.10 bits per heavy atom. The van der Waals surface area contributed by atoms with Crippen molar-refractivity contribution in [1.29, 1.82) is 0 Å². The van der Waals surface area contributed by atoms with Gasteiger partial charge >= 0.3 is 5.97 Å². The zero-order chi connectivity index (χ0) is 14.8. The Kier molecular flexibility index (Phi) is 5.08. The lowest BCUT2D eigenvalue weighted by Gasteiger charge is -2.41. The number of piperidine rings is 1. The molecule has 0 aromatic rings. The van der Waals surface area contributed by atoms with Gasteiger partial charge in [-0.2, -0.15) is 0 Å². The molecule has 0 amide bonds. The van der Waals surface area contributed by atoms with Crippen LogP contribution >= 0.6 is 0 Å². The summed E-state index contributed by atoms with van der Waals surface area (Å²) in [5.74, 6) is 0.693. The van der Waals surface area contributed by atoms with Gasteiger partial charge in [0.2, 0.25) is 0 Å². The molecule has 0 aromatic carbocycles. The van der Waals surface area contributed by atoms with Crippen LogP contribution in [0.4, 0.5) is 0 Å². The van der Waals surface area contributed by atoms with E-state index in [1.165, 1.54) is 26.5 Å². The number of hydrogen-bond acceptors (Lipinski definition) is 4. The van der Waals surface area contributed by atoms with Crippen LogP contribution in [0.1, 0.15) is 52.9 Å². The molecule has 4 unspecified atom stereocenters. The van der Waals surface area contributed by atoms with Gasteiger partial charge in [0.1, 0.15) is 5.54 Å². The van der Waals surface area contributed by atoms with Crippen LogP contribution in [0.3, 0.4) is 0 Å². The number of methoxy groups -OCH3 is 1. The third-order valence-electron chi connectivity index (χ3n) is 5.21. The molecule has 1 N–H and O–H groups in total. The summed E-state index contributed by atoms with van der Waals surface area (Å²) in [5.41, 5.74) is -0.450. The standard InChI is InChI=1S/C16H30N2O2/c1-5-17-16(15(19)20-4)9-8-14(10-16)18-11-12(2)6-7-13(18)3/h12-14,17H,5-11H2,1-4H3. The van der Waals surface area contributed by atoms with E-state index >= 15 is 0 Å². The number of ether oxygens (including phenoxy) is 1. The van der Waals surface area contributed by atoms with Crippen molar-refractivity contribution in [2.75, 3.05) is 20.2 Å². The molecule has 0 aromatic heterocycles. The molecule has 4 heteroatoms. The maximum absolute atomic E-state index is 12.2. The van der Waals surface area contributed by atoms with E-state index in [0.29, 0.717) is 12.1 Å². The average molecular weight is 282 g/mol. The molecular formula is C16H30N2O2. The molecule has 1 heterocycles. The fourth-order valence-electron chi connectivity index (χ4n) is 4.09. The van der Waals surface area contributed by atoms with Crippen molar-refractivity contribution >= 4 is 5.97 Å². The van der Waals surface area contributed by atoms with E-state index in [-0.39, 0.29) is 5.97 Å². The molecular weight excluding hydrogens is 252 g/mol. The van der Waals surface area contributed by atoms with Crippen LogP contribution in [0.5, 0.6) is 0 Å². The molecule has 2 fully saturated rings. The third-order valence-corrected chi connectivity index (χ3v) is 5.21. The molecule has 1 saturated heterocycles. The Bertz CT molecular complexity index is 347. The van der Waals surface area contributed by atoms with Gasteiger partial charge in [-0.1, -0.05) is 13.8 Å². The van der Waals surface area contributed by atoms with E-state index in [9.17, 15) is 4.79 Å². The second-order valence-corrected chi connectivity index (χ2v) is 6.73. The van der Waals surface area contributed by atoms with Crippen LogP contribution in [-0.4, -0.2) is 48.7 Å². The van der Waals surface area contributed by atoms with E-state index in [4.69, 9.17) is 4.74 Å². The van der Waals surface area contributed by atoms with E-state index in [2.05, 4.69) is 31.0 Å². The van der Waals surface area contributed by atoms with Gasteiger partial charge in [0.05, 0.1) is 7.11 Å². The Morgan fingerprint density at radius 1 is 1.35 bits per heavy atom. The van der Waals surface area contributed by atoms with Gasteiger partial charge in [-0.3, -0.25) is 9.69 Å². The molecule has 2 rings (SSSR count). The summed E-state index contributed by atoms with van der Waals surface area (Å²) in [6.07, 6.45) is 5.50. The van der Waals surface area contributed by atoms with Gasteiger partial charge in [-0.05, 0) is 51.5 Å². The second kappa shape index (κ2) is 6.44. The molecule has 4 nitrogen and oxygen atoms in total. The number of hydrogen-bond donors (Lipinski definition) is 1. The largest absolute Gasteiger partial charge is 0.468 e. The Morgan fingerprint density at radius 3 is 2.75 bits per heavy atom. The van der Waals surface area contributed by atoms with Crippen molar-refractivity contribution < 1.29 is 9.53 Å². The number of esters is 1. The summed E-state index contributed by atoms with van der Waals surface area (Å²) < 4.78 is 5.05. The number of likely N-dealkylation sites (tertiary alicyclic amines) is 1. The lowest BCUT2D eigenvalue weighted by molar-refractivity contribution is -0.148. The number of carbonyl (C=O) groups excluding carboxylic acids is 1. The minimum absolute atomic E-state index is 0.0837. The van der Waals surface area contributed by atoms with Crippen molar-refractivity contribution in [3.63, 3.8) is 0 Å². The van der Waals surface area contributed by atoms with Gasteiger partial charge < -0.3 is 10.1 Å². The molecule has 2 aliphatic rings. The smallest absolute Gasteiger partial charge is 0.326 e. The van der Waals surface area contributed by atoms with Crippen LogP contribution in [-0.2, 0) is 9.53 Å². The maximum Gasteiger partial charge on any atom is 0.326 e. The van der Waals surface area contributed by atoms with E-state index in [1.54, 1.807) is 0 Å². The topological polar surface area (TPSA) is 41.6 Å². The highest BCUT2D eigenvalue weighted by molar-refractivity contribution is 5.81. The van der Waals surface area contributed by atoms with Gasteiger partial charge in [0.25, 0.3) is 0 Å². The fourth-order valence-corrected chi connectivity index (χ4v) is 4.09. The molecule has 1 aliphatic heterocycles. The first kappa shape index (κ1) is 15.8. The molecule has 116 valence electrons. The summed E-state index contributed by atoms with van der Waals surface area (Å²) in [4.78, 5) is 14.8. The Hall–Kier alpha value is -0.610. The van der Waals surface area contributed by atoms with Crippen LogP contribution in [0.15, 0.2) is 0 Å².